The molecule has 0 fully saturated rings. The first-order valence-electron chi connectivity index (χ1n) is 6.33. The van der Waals surface area contributed by atoms with Crippen molar-refractivity contribution >= 4 is 23.3 Å². The lowest BCUT2D eigenvalue weighted by molar-refractivity contribution is 0.0691. The number of urea groups is 1. The minimum absolute atomic E-state index is 0.0593. The van der Waals surface area contributed by atoms with Crippen LogP contribution in [0, 0.1) is 0 Å². The summed E-state index contributed by atoms with van der Waals surface area (Å²) in [5, 5.41) is 16.4. The van der Waals surface area contributed by atoms with Gasteiger partial charge < -0.3 is 15.7 Å². The summed E-state index contributed by atoms with van der Waals surface area (Å²) in [7, 11) is 0. The topological polar surface area (TPSA) is 91.3 Å². The second kappa shape index (κ2) is 8.47. The Morgan fingerprint density at radius 1 is 1.32 bits per heavy atom. The Kier molecular flexibility index (Phi) is 6.88. The van der Waals surface area contributed by atoms with Crippen molar-refractivity contribution < 1.29 is 14.7 Å². The molecule has 0 aliphatic rings. The molecule has 2 amide bonds. The maximum absolute atomic E-state index is 11.4. The number of unbranched alkanes of at least 4 members (excludes halogenated alkanes) is 2. The van der Waals surface area contributed by atoms with Gasteiger partial charge in [0.25, 0.3) is 0 Å². The van der Waals surface area contributed by atoms with E-state index >= 15 is 0 Å². The van der Waals surface area contributed by atoms with Crippen molar-refractivity contribution in [2.75, 3.05) is 13.1 Å². The van der Waals surface area contributed by atoms with Gasteiger partial charge in [0, 0.05) is 24.9 Å². The highest BCUT2D eigenvalue weighted by Gasteiger charge is 2.08. The monoisotopic (exact) mass is 285 g/mol. The third kappa shape index (κ3) is 6.19. The molecule has 3 N–H and O–H groups in total. The van der Waals surface area contributed by atoms with E-state index in [1.165, 1.54) is 16.7 Å². The van der Waals surface area contributed by atoms with E-state index in [4.69, 9.17) is 5.11 Å². The van der Waals surface area contributed by atoms with E-state index in [-0.39, 0.29) is 11.7 Å². The van der Waals surface area contributed by atoms with Gasteiger partial charge in [-0.05, 0) is 6.42 Å². The first-order valence-corrected chi connectivity index (χ1v) is 7.20. The highest BCUT2D eigenvalue weighted by molar-refractivity contribution is 7.09. The molecule has 0 spiro atoms. The van der Waals surface area contributed by atoms with Crippen LogP contribution >= 0.6 is 11.3 Å². The SMILES string of the molecule is CCCCCNC(=O)NCCc1nc(C(=O)O)cs1. The van der Waals surface area contributed by atoms with Crippen molar-refractivity contribution in [3.8, 4) is 0 Å². The fourth-order valence-electron chi connectivity index (χ4n) is 1.45. The Hall–Kier alpha value is -1.63. The number of carboxylic acid groups (broad SMARTS) is 1. The number of hydrogen-bond acceptors (Lipinski definition) is 4. The normalized spacial score (nSPS) is 10.2. The molecule has 0 radical (unpaired) electrons. The maximum Gasteiger partial charge on any atom is 0.355 e. The van der Waals surface area contributed by atoms with Crippen molar-refractivity contribution in [2.45, 2.75) is 32.6 Å². The van der Waals surface area contributed by atoms with Crippen molar-refractivity contribution in [3.63, 3.8) is 0 Å². The van der Waals surface area contributed by atoms with Gasteiger partial charge in [-0.15, -0.1) is 11.3 Å². The van der Waals surface area contributed by atoms with Crippen LogP contribution in [0.1, 0.15) is 41.7 Å². The Bertz CT molecular complexity index is 420. The lowest BCUT2D eigenvalue weighted by Crippen LogP contribution is -2.37. The standard InChI is InChI=1S/C12H19N3O3S/c1-2-3-4-6-13-12(18)14-7-5-10-15-9(8-19-10)11(16)17/h8H,2-7H2,1H3,(H,16,17)(H2,13,14,18). The average molecular weight is 285 g/mol. The summed E-state index contributed by atoms with van der Waals surface area (Å²) in [6.07, 6.45) is 3.76. The quantitative estimate of drug-likeness (QED) is 0.636. The fourth-order valence-corrected chi connectivity index (χ4v) is 2.22. The van der Waals surface area contributed by atoms with Gasteiger partial charge in [0.05, 0.1) is 5.01 Å². The highest BCUT2D eigenvalue weighted by Crippen LogP contribution is 2.09. The van der Waals surface area contributed by atoms with Gasteiger partial charge in [0.2, 0.25) is 0 Å². The molecule has 7 heteroatoms. The average Bonchev–Trinajstić information content (AvgIpc) is 2.84. The molecule has 1 rings (SSSR count). The molecule has 0 aliphatic carbocycles. The molecule has 0 saturated carbocycles. The second-order valence-corrected chi connectivity index (χ2v) is 5.01. The minimum atomic E-state index is -1.02. The van der Waals surface area contributed by atoms with Crippen molar-refractivity contribution in [3.05, 3.63) is 16.1 Å². The van der Waals surface area contributed by atoms with E-state index in [1.54, 1.807) is 0 Å². The molecule has 0 unspecified atom stereocenters. The number of rotatable bonds is 8. The van der Waals surface area contributed by atoms with E-state index in [0.717, 1.165) is 19.3 Å². The first kappa shape index (κ1) is 15.4. The molecule has 0 atom stereocenters. The van der Waals surface area contributed by atoms with E-state index in [1.807, 2.05) is 0 Å². The van der Waals surface area contributed by atoms with Crippen molar-refractivity contribution in [1.29, 1.82) is 0 Å². The van der Waals surface area contributed by atoms with Crippen LogP contribution in [0.2, 0.25) is 0 Å². The molecule has 19 heavy (non-hydrogen) atoms. The van der Waals surface area contributed by atoms with Crippen LogP contribution in [-0.4, -0.2) is 35.2 Å². The Balaban J connectivity index is 2.15. The molecular weight excluding hydrogens is 266 g/mol. The lowest BCUT2D eigenvalue weighted by atomic mass is 10.2. The smallest absolute Gasteiger partial charge is 0.355 e. The van der Waals surface area contributed by atoms with E-state index in [0.29, 0.717) is 24.5 Å². The molecule has 0 saturated heterocycles. The molecule has 0 aromatic carbocycles. The van der Waals surface area contributed by atoms with Crippen molar-refractivity contribution in [1.82, 2.24) is 15.6 Å². The number of carboxylic acids is 1. The third-order valence-electron chi connectivity index (χ3n) is 2.46. The van der Waals surface area contributed by atoms with Crippen LogP contribution in [0.3, 0.4) is 0 Å². The summed E-state index contributed by atoms with van der Waals surface area (Å²) >= 11 is 1.29. The largest absolute Gasteiger partial charge is 0.476 e. The van der Waals surface area contributed by atoms with Crippen LogP contribution in [0.15, 0.2) is 5.38 Å². The minimum Gasteiger partial charge on any atom is -0.476 e. The van der Waals surface area contributed by atoms with Gasteiger partial charge in [-0.1, -0.05) is 19.8 Å². The number of carbonyl (C=O) groups is 2. The van der Waals surface area contributed by atoms with Crippen molar-refractivity contribution in [2.24, 2.45) is 0 Å². The lowest BCUT2D eigenvalue weighted by Gasteiger charge is -2.06. The predicted octanol–water partition coefficient (Wildman–Crippen LogP) is 1.87. The van der Waals surface area contributed by atoms with Gasteiger partial charge in [-0.2, -0.15) is 0 Å². The summed E-state index contributed by atoms with van der Waals surface area (Å²) in [5.74, 6) is -1.02. The number of nitrogens with one attached hydrogen (secondary N) is 2. The molecule has 106 valence electrons. The van der Waals surface area contributed by atoms with E-state index in [2.05, 4.69) is 22.5 Å². The number of nitrogens with zero attached hydrogens (tertiary/aromatic N) is 1. The van der Waals surface area contributed by atoms with Crippen LogP contribution in [-0.2, 0) is 6.42 Å². The molecule has 1 aromatic rings. The Morgan fingerprint density at radius 2 is 2.05 bits per heavy atom. The summed E-state index contributed by atoms with van der Waals surface area (Å²) in [6.45, 7) is 3.24. The number of aromatic nitrogens is 1. The molecule has 6 nitrogen and oxygen atoms in total. The Labute approximate surface area is 116 Å². The molecule has 0 aliphatic heterocycles. The van der Waals surface area contributed by atoms with Crippen LogP contribution in [0.4, 0.5) is 4.79 Å². The molecule has 0 bridgehead atoms. The molecule has 1 aromatic heterocycles. The van der Waals surface area contributed by atoms with Gasteiger partial charge in [0.15, 0.2) is 5.69 Å². The summed E-state index contributed by atoms with van der Waals surface area (Å²) in [4.78, 5) is 25.9. The van der Waals surface area contributed by atoms with Gasteiger partial charge in [-0.25, -0.2) is 14.6 Å². The number of hydrogen-bond donors (Lipinski definition) is 3. The van der Waals surface area contributed by atoms with E-state index < -0.39 is 5.97 Å². The summed E-state index contributed by atoms with van der Waals surface area (Å²) < 4.78 is 0. The van der Waals surface area contributed by atoms with Crippen LogP contribution in [0.5, 0.6) is 0 Å². The predicted molar refractivity (Wildman–Crippen MR) is 73.7 cm³/mol. The van der Waals surface area contributed by atoms with Crippen LogP contribution < -0.4 is 10.6 Å². The zero-order chi connectivity index (χ0) is 14.1. The molecule has 1 heterocycles. The second-order valence-electron chi connectivity index (χ2n) is 4.07. The fraction of sp³-hybridized carbons (Fsp3) is 0.583. The third-order valence-corrected chi connectivity index (χ3v) is 3.37. The number of carbonyl (C=O) groups excluding carboxylic acids is 1. The zero-order valence-electron chi connectivity index (χ0n) is 10.9. The maximum atomic E-state index is 11.4. The first-order chi connectivity index (χ1) is 9.13. The highest BCUT2D eigenvalue weighted by atomic mass is 32.1. The summed E-state index contributed by atoms with van der Waals surface area (Å²) in [5.41, 5.74) is 0.0593. The Morgan fingerprint density at radius 3 is 2.68 bits per heavy atom. The summed E-state index contributed by atoms with van der Waals surface area (Å²) in [6, 6.07) is -0.189. The number of amides is 2. The number of aromatic carboxylic acids is 1. The van der Waals surface area contributed by atoms with Gasteiger partial charge >= 0.3 is 12.0 Å². The molecular formula is C12H19N3O3S. The van der Waals surface area contributed by atoms with Gasteiger partial charge in [0.1, 0.15) is 0 Å². The number of thiazole rings is 1. The van der Waals surface area contributed by atoms with Crippen LogP contribution in [0.25, 0.3) is 0 Å². The zero-order valence-corrected chi connectivity index (χ0v) is 11.8. The van der Waals surface area contributed by atoms with E-state index in [9.17, 15) is 9.59 Å². The van der Waals surface area contributed by atoms with Gasteiger partial charge in [-0.3, -0.25) is 0 Å².